The van der Waals surface area contributed by atoms with Gasteiger partial charge in [0.25, 0.3) is 11.8 Å². The Kier molecular flexibility index (Phi) is 6.11. The minimum absolute atomic E-state index is 0.0603. The first kappa shape index (κ1) is 22.8. The number of amides is 3. The van der Waals surface area contributed by atoms with Gasteiger partial charge in [0.1, 0.15) is 0 Å². The smallest absolute Gasteiger partial charge is 0.354 e. The molecule has 1 N–H and O–H groups in total. The summed E-state index contributed by atoms with van der Waals surface area (Å²) in [6, 6.07) is 6.79. The highest BCUT2D eigenvalue weighted by atomic mass is 16.5. The number of ether oxygens (including phenoxy) is 1. The number of hydrogen-bond donors (Lipinski definition) is 1. The van der Waals surface area contributed by atoms with E-state index in [0.29, 0.717) is 17.7 Å². The topological polar surface area (TPSA) is 96.0 Å². The van der Waals surface area contributed by atoms with Gasteiger partial charge in [-0.05, 0) is 38.3 Å². The highest BCUT2D eigenvalue weighted by molar-refractivity contribution is 6.15. The fourth-order valence-corrected chi connectivity index (χ4v) is 4.11. The molecule has 8 heteroatoms. The molecule has 1 saturated heterocycles. The monoisotopic (exact) mass is 429 g/mol. The minimum atomic E-state index is -1.58. The maximum atomic E-state index is 13.4. The zero-order chi connectivity index (χ0) is 23.0. The van der Waals surface area contributed by atoms with Gasteiger partial charge < -0.3 is 15.0 Å². The SMILES string of the molecule is CCC(C)(C)NC(=O)COC(=O)[C@]12CCC(=O)N1c1ccccc1C(=O)N2CC(C)C. The molecule has 1 aromatic rings. The van der Waals surface area contributed by atoms with Crippen LogP contribution in [0.4, 0.5) is 5.69 Å². The Labute approximate surface area is 182 Å². The van der Waals surface area contributed by atoms with Crippen LogP contribution in [-0.2, 0) is 19.1 Å². The first-order chi connectivity index (χ1) is 14.5. The molecule has 3 rings (SSSR count). The van der Waals surface area contributed by atoms with Crippen molar-refractivity contribution < 1.29 is 23.9 Å². The molecule has 1 atom stereocenters. The zero-order valence-electron chi connectivity index (χ0n) is 18.9. The van der Waals surface area contributed by atoms with Gasteiger partial charge in [-0.15, -0.1) is 0 Å². The second kappa shape index (κ2) is 8.32. The summed E-state index contributed by atoms with van der Waals surface area (Å²) in [6.07, 6.45) is 0.951. The van der Waals surface area contributed by atoms with Crippen molar-refractivity contribution in [3.63, 3.8) is 0 Å². The van der Waals surface area contributed by atoms with Crippen LogP contribution in [0.2, 0.25) is 0 Å². The molecule has 0 bridgehead atoms. The third-order valence-electron chi connectivity index (χ3n) is 5.94. The summed E-state index contributed by atoms with van der Waals surface area (Å²) in [5.41, 5.74) is -1.22. The van der Waals surface area contributed by atoms with Gasteiger partial charge >= 0.3 is 5.97 Å². The lowest BCUT2D eigenvalue weighted by Gasteiger charge is -2.48. The van der Waals surface area contributed by atoms with E-state index >= 15 is 0 Å². The van der Waals surface area contributed by atoms with Crippen molar-refractivity contribution in [3.05, 3.63) is 29.8 Å². The second-order valence-corrected chi connectivity index (χ2v) is 9.23. The molecule has 0 spiro atoms. The number of esters is 1. The Morgan fingerprint density at radius 3 is 2.55 bits per heavy atom. The molecule has 0 radical (unpaired) electrons. The van der Waals surface area contributed by atoms with Crippen molar-refractivity contribution in [3.8, 4) is 0 Å². The summed E-state index contributed by atoms with van der Waals surface area (Å²) < 4.78 is 5.42. The molecule has 0 unspecified atom stereocenters. The number of rotatable bonds is 7. The third kappa shape index (κ3) is 4.03. The van der Waals surface area contributed by atoms with Gasteiger partial charge in [-0.2, -0.15) is 0 Å². The van der Waals surface area contributed by atoms with Crippen molar-refractivity contribution in [1.29, 1.82) is 0 Å². The summed E-state index contributed by atoms with van der Waals surface area (Å²) in [7, 11) is 0. The van der Waals surface area contributed by atoms with Crippen LogP contribution in [0.5, 0.6) is 0 Å². The summed E-state index contributed by atoms with van der Waals surface area (Å²) in [5, 5.41) is 2.82. The van der Waals surface area contributed by atoms with Gasteiger partial charge in [-0.1, -0.05) is 32.9 Å². The Hall–Kier alpha value is -2.90. The number of anilines is 1. The van der Waals surface area contributed by atoms with E-state index in [1.807, 2.05) is 34.6 Å². The molecule has 0 saturated carbocycles. The normalized spacial score (nSPS) is 20.6. The summed E-state index contributed by atoms with van der Waals surface area (Å²) in [5.74, 6) is -1.69. The molecule has 2 aliphatic rings. The van der Waals surface area contributed by atoms with Crippen LogP contribution in [0.25, 0.3) is 0 Å². The van der Waals surface area contributed by atoms with Gasteiger partial charge in [0.15, 0.2) is 6.61 Å². The molecule has 0 aliphatic carbocycles. The first-order valence-electron chi connectivity index (χ1n) is 10.8. The van der Waals surface area contributed by atoms with Gasteiger partial charge in [-0.3, -0.25) is 19.3 Å². The van der Waals surface area contributed by atoms with Gasteiger partial charge in [0, 0.05) is 24.9 Å². The molecule has 2 heterocycles. The molecular weight excluding hydrogens is 398 g/mol. The highest BCUT2D eigenvalue weighted by Crippen LogP contribution is 2.45. The van der Waals surface area contributed by atoms with E-state index in [9.17, 15) is 19.2 Å². The highest BCUT2D eigenvalue weighted by Gasteiger charge is 2.62. The van der Waals surface area contributed by atoms with E-state index in [-0.39, 0.29) is 37.1 Å². The largest absolute Gasteiger partial charge is 0.452 e. The molecule has 31 heavy (non-hydrogen) atoms. The quantitative estimate of drug-likeness (QED) is 0.672. The average molecular weight is 430 g/mol. The summed E-state index contributed by atoms with van der Waals surface area (Å²) in [4.78, 5) is 54.9. The van der Waals surface area contributed by atoms with Crippen molar-refractivity contribution >= 4 is 29.4 Å². The standard InChI is InChI=1S/C23H31N3O5/c1-6-22(4,5)24-18(27)14-31-21(30)23-12-11-19(28)26(23)17-10-8-7-9-16(17)20(29)25(23)13-15(2)3/h7-10,15H,6,11-14H2,1-5H3,(H,24,27)/t23-/m0/s1. The fraction of sp³-hybridized carbons (Fsp3) is 0.565. The summed E-state index contributed by atoms with van der Waals surface area (Å²) in [6.45, 7) is 9.39. The lowest BCUT2D eigenvalue weighted by Crippen LogP contribution is -2.69. The molecule has 1 fully saturated rings. The molecule has 0 aromatic heterocycles. The number of carbonyl (C=O) groups excluding carboxylic acids is 4. The maximum absolute atomic E-state index is 13.4. The predicted octanol–water partition coefficient (Wildman–Crippen LogP) is 2.47. The van der Waals surface area contributed by atoms with Gasteiger partial charge in [0.2, 0.25) is 11.6 Å². The number of benzene rings is 1. The van der Waals surface area contributed by atoms with Gasteiger partial charge in [0.05, 0.1) is 11.3 Å². The van der Waals surface area contributed by atoms with E-state index in [1.54, 1.807) is 24.3 Å². The Morgan fingerprint density at radius 2 is 1.90 bits per heavy atom. The lowest BCUT2D eigenvalue weighted by atomic mass is 9.95. The van der Waals surface area contributed by atoms with Crippen LogP contribution in [0.15, 0.2) is 24.3 Å². The number of para-hydroxylation sites is 1. The molecule has 1 aromatic carbocycles. The minimum Gasteiger partial charge on any atom is -0.452 e. The van der Waals surface area contributed by atoms with Crippen LogP contribution in [0, 0.1) is 5.92 Å². The fourth-order valence-electron chi connectivity index (χ4n) is 4.11. The van der Waals surface area contributed by atoms with E-state index in [1.165, 1.54) is 9.80 Å². The average Bonchev–Trinajstić information content (AvgIpc) is 3.07. The second-order valence-electron chi connectivity index (χ2n) is 9.23. The Balaban J connectivity index is 1.96. The van der Waals surface area contributed by atoms with Crippen LogP contribution in [0.3, 0.4) is 0 Å². The molecule has 8 nitrogen and oxygen atoms in total. The summed E-state index contributed by atoms with van der Waals surface area (Å²) >= 11 is 0. The van der Waals surface area contributed by atoms with E-state index in [0.717, 1.165) is 0 Å². The molecule has 2 aliphatic heterocycles. The van der Waals surface area contributed by atoms with Gasteiger partial charge in [-0.25, -0.2) is 4.79 Å². The van der Waals surface area contributed by atoms with Crippen LogP contribution < -0.4 is 10.2 Å². The van der Waals surface area contributed by atoms with Crippen molar-refractivity contribution in [2.75, 3.05) is 18.1 Å². The van der Waals surface area contributed by atoms with Crippen molar-refractivity contribution in [2.45, 2.75) is 65.1 Å². The van der Waals surface area contributed by atoms with Crippen LogP contribution in [0.1, 0.15) is 64.2 Å². The van der Waals surface area contributed by atoms with Crippen LogP contribution >= 0.6 is 0 Å². The third-order valence-corrected chi connectivity index (χ3v) is 5.94. The van der Waals surface area contributed by atoms with Crippen molar-refractivity contribution in [1.82, 2.24) is 10.2 Å². The Morgan fingerprint density at radius 1 is 1.23 bits per heavy atom. The van der Waals surface area contributed by atoms with E-state index in [2.05, 4.69) is 5.32 Å². The molecular formula is C23H31N3O5. The van der Waals surface area contributed by atoms with E-state index < -0.39 is 29.7 Å². The number of fused-ring (bicyclic) bond motifs is 3. The first-order valence-corrected chi connectivity index (χ1v) is 10.8. The lowest BCUT2D eigenvalue weighted by molar-refractivity contribution is -0.160. The molecule has 168 valence electrons. The van der Waals surface area contributed by atoms with Crippen LogP contribution in [-0.4, -0.2) is 52.9 Å². The van der Waals surface area contributed by atoms with E-state index in [4.69, 9.17) is 4.74 Å². The molecule has 3 amide bonds. The number of carbonyl (C=O) groups is 4. The maximum Gasteiger partial charge on any atom is 0.354 e. The Bertz CT molecular complexity index is 910. The number of hydrogen-bond acceptors (Lipinski definition) is 5. The zero-order valence-corrected chi connectivity index (χ0v) is 18.9. The van der Waals surface area contributed by atoms with Crippen molar-refractivity contribution in [2.24, 2.45) is 5.92 Å². The predicted molar refractivity (Wildman–Crippen MR) is 115 cm³/mol. The number of nitrogens with one attached hydrogen (secondary N) is 1. The number of nitrogens with zero attached hydrogens (tertiary/aromatic N) is 2.